The Morgan fingerprint density at radius 1 is 0.743 bits per heavy atom. The highest BCUT2D eigenvalue weighted by atomic mass is 32.2. The number of sulfone groups is 1. The molecule has 1 heterocycles. The Morgan fingerprint density at radius 2 is 1.34 bits per heavy atom. The maximum absolute atomic E-state index is 12.9. The third kappa shape index (κ3) is 7.24. The topological polar surface area (TPSA) is 86.8 Å². The van der Waals surface area contributed by atoms with E-state index in [1.807, 2.05) is 29.2 Å². The molecule has 4 rings (SSSR count). The molecular formula is C27H29N3O4S. The number of hydrogen-bond donors (Lipinski definition) is 1. The molecular weight excluding hydrogens is 462 g/mol. The Bertz CT molecular complexity index is 1240. The normalized spacial score (nSPS) is 14.5. The molecule has 0 spiro atoms. The van der Waals surface area contributed by atoms with Gasteiger partial charge in [0.05, 0.1) is 5.75 Å². The van der Waals surface area contributed by atoms with Crippen LogP contribution in [0, 0.1) is 0 Å². The number of piperazine rings is 1. The van der Waals surface area contributed by atoms with E-state index >= 15 is 0 Å². The number of benzene rings is 3. The van der Waals surface area contributed by atoms with Gasteiger partial charge >= 0.3 is 0 Å². The molecule has 3 aromatic carbocycles. The molecule has 35 heavy (non-hydrogen) atoms. The largest absolute Gasteiger partial charge is 0.336 e. The molecule has 0 aliphatic carbocycles. The summed E-state index contributed by atoms with van der Waals surface area (Å²) in [5, 5.41) is 2.59. The van der Waals surface area contributed by atoms with Gasteiger partial charge in [-0.3, -0.25) is 14.5 Å². The summed E-state index contributed by atoms with van der Waals surface area (Å²) in [6.07, 6.45) is 0. The van der Waals surface area contributed by atoms with Crippen LogP contribution in [-0.4, -0.2) is 62.0 Å². The van der Waals surface area contributed by atoms with Gasteiger partial charge in [-0.1, -0.05) is 60.7 Å². The van der Waals surface area contributed by atoms with Gasteiger partial charge in [-0.25, -0.2) is 8.42 Å². The van der Waals surface area contributed by atoms with Gasteiger partial charge in [-0.15, -0.1) is 0 Å². The van der Waals surface area contributed by atoms with E-state index in [1.54, 1.807) is 48.5 Å². The van der Waals surface area contributed by atoms with Crippen molar-refractivity contribution in [2.75, 3.05) is 37.2 Å². The van der Waals surface area contributed by atoms with Crippen LogP contribution in [0.25, 0.3) is 0 Å². The molecule has 3 aromatic rings. The second kappa shape index (κ2) is 11.3. The van der Waals surface area contributed by atoms with Crippen molar-refractivity contribution in [2.45, 2.75) is 12.3 Å². The number of nitrogens with one attached hydrogen (secondary N) is 1. The number of carbonyl (C=O) groups excluding carboxylic acids is 2. The Labute approximate surface area is 206 Å². The smallest absolute Gasteiger partial charge is 0.253 e. The first-order chi connectivity index (χ1) is 16.9. The fraction of sp³-hybridized carbons (Fsp3) is 0.259. The second-order valence-electron chi connectivity index (χ2n) is 8.70. The van der Waals surface area contributed by atoms with Gasteiger partial charge in [0, 0.05) is 44.0 Å². The minimum atomic E-state index is -3.65. The third-order valence-electron chi connectivity index (χ3n) is 5.90. The molecule has 2 amide bonds. The lowest BCUT2D eigenvalue weighted by Crippen LogP contribution is -2.48. The van der Waals surface area contributed by atoms with Crippen LogP contribution < -0.4 is 5.32 Å². The molecule has 1 N–H and O–H groups in total. The summed E-state index contributed by atoms with van der Waals surface area (Å²) in [6, 6.07) is 25.6. The van der Waals surface area contributed by atoms with Gasteiger partial charge in [-0.2, -0.15) is 0 Å². The van der Waals surface area contributed by atoms with Crippen LogP contribution in [-0.2, 0) is 26.9 Å². The highest BCUT2D eigenvalue weighted by Crippen LogP contribution is 2.15. The molecule has 0 bridgehead atoms. The molecule has 0 radical (unpaired) electrons. The first kappa shape index (κ1) is 24.6. The number of rotatable bonds is 8. The average molecular weight is 492 g/mol. The lowest BCUT2D eigenvalue weighted by atomic mass is 10.1. The second-order valence-corrected chi connectivity index (χ2v) is 10.8. The maximum Gasteiger partial charge on any atom is 0.253 e. The van der Waals surface area contributed by atoms with Crippen LogP contribution in [0.1, 0.15) is 21.5 Å². The predicted octanol–water partition coefficient (Wildman–Crippen LogP) is 3.20. The lowest BCUT2D eigenvalue weighted by molar-refractivity contribution is -0.113. The molecule has 182 valence electrons. The standard InChI is InChI=1S/C27H29N3O4S/c31-26(28-25-9-5-2-6-10-25)21-35(33,34)20-23-11-13-24(14-12-23)27(32)30-17-15-29(16-18-30)19-22-7-3-1-4-8-22/h1-14H,15-21H2,(H,28,31). The summed E-state index contributed by atoms with van der Waals surface area (Å²) in [7, 11) is -3.65. The van der Waals surface area contributed by atoms with Gasteiger partial charge < -0.3 is 10.2 Å². The summed E-state index contributed by atoms with van der Waals surface area (Å²) in [6.45, 7) is 3.79. The van der Waals surface area contributed by atoms with E-state index < -0.39 is 21.5 Å². The maximum atomic E-state index is 12.9. The van der Waals surface area contributed by atoms with Crippen molar-refractivity contribution in [3.05, 3.63) is 102 Å². The highest BCUT2D eigenvalue weighted by molar-refractivity contribution is 7.91. The fourth-order valence-corrected chi connectivity index (χ4v) is 5.37. The van der Waals surface area contributed by atoms with Gasteiger partial charge in [0.25, 0.3) is 5.91 Å². The van der Waals surface area contributed by atoms with E-state index in [9.17, 15) is 18.0 Å². The minimum absolute atomic E-state index is 0.0546. The minimum Gasteiger partial charge on any atom is -0.336 e. The summed E-state index contributed by atoms with van der Waals surface area (Å²) in [5.74, 6) is -1.49. The van der Waals surface area contributed by atoms with Crippen molar-refractivity contribution in [3.8, 4) is 0 Å². The molecule has 1 saturated heterocycles. The average Bonchev–Trinajstić information content (AvgIpc) is 2.85. The molecule has 0 atom stereocenters. The van der Waals surface area contributed by atoms with Gasteiger partial charge in [0.2, 0.25) is 5.91 Å². The lowest BCUT2D eigenvalue weighted by Gasteiger charge is -2.34. The van der Waals surface area contributed by atoms with E-state index in [0.717, 1.165) is 19.6 Å². The van der Waals surface area contributed by atoms with E-state index in [4.69, 9.17) is 0 Å². The first-order valence-corrected chi connectivity index (χ1v) is 13.4. The third-order valence-corrected chi connectivity index (χ3v) is 7.38. The zero-order valence-electron chi connectivity index (χ0n) is 19.5. The van der Waals surface area contributed by atoms with Crippen LogP contribution in [0.4, 0.5) is 5.69 Å². The van der Waals surface area contributed by atoms with Gasteiger partial charge in [0.15, 0.2) is 9.84 Å². The number of amides is 2. The number of carbonyl (C=O) groups is 2. The molecule has 0 aromatic heterocycles. The van der Waals surface area contributed by atoms with Crippen molar-refractivity contribution in [1.29, 1.82) is 0 Å². The van der Waals surface area contributed by atoms with Gasteiger partial charge in [-0.05, 0) is 35.4 Å². The molecule has 8 heteroatoms. The zero-order chi connectivity index (χ0) is 24.7. The zero-order valence-corrected chi connectivity index (χ0v) is 20.3. The molecule has 0 saturated carbocycles. The Morgan fingerprint density at radius 3 is 1.97 bits per heavy atom. The number of hydrogen-bond acceptors (Lipinski definition) is 5. The van der Waals surface area contributed by atoms with Crippen molar-refractivity contribution in [3.63, 3.8) is 0 Å². The van der Waals surface area contributed by atoms with Crippen LogP contribution in [0.3, 0.4) is 0 Å². The van der Waals surface area contributed by atoms with E-state index in [2.05, 4.69) is 22.3 Å². The molecule has 7 nitrogen and oxygen atoms in total. The van der Waals surface area contributed by atoms with Crippen LogP contribution in [0.2, 0.25) is 0 Å². The monoisotopic (exact) mass is 491 g/mol. The van der Waals surface area contributed by atoms with Crippen molar-refractivity contribution in [1.82, 2.24) is 9.80 Å². The number of anilines is 1. The summed E-state index contributed by atoms with van der Waals surface area (Å²) in [5.41, 5.74) is 2.89. The molecule has 1 fully saturated rings. The van der Waals surface area contributed by atoms with Crippen LogP contribution >= 0.6 is 0 Å². The first-order valence-electron chi connectivity index (χ1n) is 11.6. The Hall–Kier alpha value is -3.49. The number of para-hydroxylation sites is 1. The van der Waals surface area contributed by atoms with Crippen molar-refractivity contribution < 1.29 is 18.0 Å². The van der Waals surface area contributed by atoms with Crippen molar-refractivity contribution >= 4 is 27.3 Å². The fourth-order valence-electron chi connectivity index (χ4n) is 4.10. The SMILES string of the molecule is O=C(CS(=O)(=O)Cc1ccc(C(=O)N2CCN(Cc3ccccc3)CC2)cc1)Nc1ccccc1. The Kier molecular flexibility index (Phi) is 7.94. The molecule has 0 unspecified atom stereocenters. The van der Waals surface area contributed by atoms with E-state index in [-0.39, 0.29) is 11.7 Å². The van der Waals surface area contributed by atoms with E-state index in [0.29, 0.717) is 29.9 Å². The summed E-state index contributed by atoms with van der Waals surface area (Å²) < 4.78 is 25.0. The van der Waals surface area contributed by atoms with Crippen molar-refractivity contribution in [2.24, 2.45) is 0 Å². The summed E-state index contributed by atoms with van der Waals surface area (Å²) in [4.78, 5) is 29.2. The quantitative estimate of drug-likeness (QED) is 0.523. The molecule has 1 aliphatic rings. The Balaban J connectivity index is 1.27. The van der Waals surface area contributed by atoms with Crippen LogP contribution in [0.5, 0.6) is 0 Å². The number of nitrogens with zero attached hydrogens (tertiary/aromatic N) is 2. The molecule has 1 aliphatic heterocycles. The highest BCUT2D eigenvalue weighted by Gasteiger charge is 2.23. The van der Waals surface area contributed by atoms with E-state index in [1.165, 1.54) is 5.56 Å². The predicted molar refractivity (Wildman–Crippen MR) is 137 cm³/mol. The van der Waals surface area contributed by atoms with Crippen LogP contribution in [0.15, 0.2) is 84.9 Å². The van der Waals surface area contributed by atoms with Gasteiger partial charge in [0.1, 0.15) is 5.75 Å². The summed E-state index contributed by atoms with van der Waals surface area (Å²) >= 11 is 0.